The van der Waals surface area contributed by atoms with Gasteiger partial charge in [-0.2, -0.15) is 4.31 Å². The van der Waals surface area contributed by atoms with Gasteiger partial charge in [-0.3, -0.25) is 0 Å². The quantitative estimate of drug-likeness (QED) is 0.325. The summed E-state index contributed by atoms with van der Waals surface area (Å²) in [6.45, 7) is 7.03. The van der Waals surface area contributed by atoms with E-state index in [-0.39, 0.29) is 30.1 Å². The smallest absolute Gasteiger partial charge is 0.243 e. The number of aliphatic hydroxyl groups is 1. The molecule has 0 spiro atoms. The molecule has 170 valence electrons. The van der Waals surface area contributed by atoms with Crippen LogP contribution in [0.25, 0.3) is 0 Å². The number of likely N-dealkylation sites (N-methyl/N-ethyl adjacent to an activating group) is 1. The molecule has 2 N–H and O–H groups in total. The third kappa shape index (κ3) is 6.28. The first-order valence-electron chi connectivity index (χ1n) is 10.4. The predicted molar refractivity (Wildman–Crippen MR) is 130 cm³/mol. The molecule has 0 bridgehead atoms. The summed E-state index contributed by atoms with van der Waals surface area (Å²) in [6.07, 6.45) is 1.20. The zero-order valence-corrected chi connectivity index (χ0v) is 21.0. The lowest BCUT2D eigenvalue weighted by molar-refractivity contribution is 0.108. The van der Waals surface area contributed by atoms with Gasteiger partial charge >= 0.3 is 0 Å². The zero-order valence-electron chi connectivity index (χ0n) is 17.8. The number of nitrogens with one attached hydrogen (secondary N) is 1. The van der Waals surface area contributed by atoms with Crippen molar-refractivity contribution in [3.63, 3.8) is 0 Å². The average Bonchev–Trinajstić information content (AvgIpc) is 2.72. The molecule has 0 saturated carbocycles. The summed E-state index contributed by atoms with van der Waals surface area (Å²) in [5.74, 6) is 0.770. The molecule has 0 amide bonds. The number of piperidine rings is 1. The molecule has 0 aliphatic carbocycles. The Morgan fingerprint density at radius 1 is 1.13 bits per heavy atom. The third-order valence-electron chi connectivity index (χ3n) is 5.55. The van der Waals surface area contributed by atoms with Crippen molar-refractivity contribution < 1.29 is 13.5 Å². The van der Waals surface area contributed by atoms with Crippen LogP contribution in [0.2, 0.25) is 0 Å². The summed E-state index contributed by atoms with van der Waals surface area (Å²) in [7, 11) is -1.53. The molecule has 2 saturated heterocycles. The topological polar surface area (TPSA) is 88.5 Å². The highest BCUT2D eigenvalue weighted by molar-refractivity contribution is 14.0. The molecule has 3 rings (SSSR count). The fraction of sp³-hybridized carbons (Fsp3) is 0.650. The first-order valence-corrected chi connectivity index (χ1v) is 11.8. The van der Waals surface area contributed by atoms with E-state index in [1.165, 1.54) is 0 Å². The van der Waals surface area contributed by atoms with Gasteiger partial charge in [-0.15, -0.1) is 24.0 Å². The standard InChI is InChI=1S/C20H33N5O3S.HI/c1-3-21-20(24-10-8-18(26)9-11-24)22-16-17-6-4-5-7-19(17)29(27,28)25-14-12-23(2)13-15-25;/h4-7,18,26H,3,8-16H2,1-2H3,(H,21,22);1H. The molecule has 2 heterocycles. The van der Waals surface area contributed by atoms with E-state index in [0.29, 0.717) is 30.1 Å². The Bertz CT molecular complexity index is 804. The van der Waals surface area contributed by atoms with Gasteiger partial charge in [-0.25, -0.2) is 13.4 Å². The van der Waals surface area contributed by atoms with E-state index in [0.717, 1.165) is 51.5 Å². The van der Waals surface area contributed by atoms with E-state index in [4.69, 9.17) is 4.99 Å². The molecular formula is C20H34IN5O3S. The van der Waals surface area contributed by atoms with Crippen LogP contribution in [0.3, 0.4) is 0 Å². The number of piperazine rings is 1. The average molecular weight is 551 g/mol. The molecule has 1 aromatic carbocycles. The lowest BCUT2D eigenvalue weighted by Crippen LogP contribution is -2.47. The highest BCUT2D eigenvalue weighted by Gasteiger charge is 2.29. The number of halogens is 1. The minimum atomic E-state index is -3.54. The lowest BCUT2D eigenvalue weighted by atomic mass is 10.1. The summed E-state index contributed by atoms with van der Waals surface area (Å²) in [6, 6.07) is 7.16. The molecule has 8 nitrogen and oxygen atoms in total. The minimum absolute atomic E-state index is 0. The Hall–Kier alpha value is -0.950. The van der Waals surface area contributed by atoms with Crippen LogP contribution in [-0.4, -0.2) is 92.6 Å². The van der Waals surface area contributed by atoms with E-state index in [2.05, 4.69) is 15.1 Å². The molecule has 0 atom stereocenters. The molecule has 2 aliphatic rings. The SMILES string of the molecule is CCNC(=NCc1ccccc1S(=O)(=O)N1CCN(C)CC1)N1CCC(O)CC1.I. The normalized spacial score (nSPS) is 20.1. The number of guanidine groups is 1. The molecule has 0 aromatic heterocycles. The van der Waals surface area contributed by atoms with Crippen LogP contribution in [0.4, 0.5) is 0 Å². The predicted octanol–water partition coefficient (Wildman–Crippen LogP) is 1.16. The van der Waals surface area contributed by atoms with Crippen LogP contribution in [0.15, 0.2) is 34.2 Å². The van der Waals surface area contributed by atoms with Crippen LogP contribution < -0.4 is 5.32 Å². The highest BCUT2D eigenvalue weighted by atomic mass is 127. The van der Waals surface area contributed by atoms with Crippen molar-refractivity contribution >= 4 is 40.0 Å². The van der Waals surface area contributed by atoms with Gasteiger partial charge < -0.3 is 20.2 Å². The Morgan fingerprint density at radius 3 is 2.40 bits per heavy atom. The van der Waals surface area contributed by atoms with Crippen molar-refractivity contribution in [2.75, 3.05) is 52.9 Å². The number of likely N-dealkylation sites (tertiary alicyclic amines) is 1. The molecule has 0 unspecified atom stereocenters. The van der Waals surface area contributed by atoms with Crippen molar-refractivity contribution in [3.05, 3.63) is 29.8 Å². The van der Waals surface area contributed by atoms with Gasteiger partial charge in [0, 0.05) is 45.8 Å². The molecule has 0 radical (unpaired) electrons. The first kappa shape index (κ1) is 25.3. The van der Waals surface area contributed by atoms with Gasteiger partial charge in [0.2, 0.25) is 10.0 Å². The van der Waals surface area contributed by atoms with Crippen LogP contribution in [0.1, 0.15) is 25.3 Å². The Morgan fingerprint density at radius 2 is 1.77 bits per heavy atom. The van der Waals surface area contributed by atoms with Gasteiger partial charge in [0.05, 0.1) is 17.5 Å². The molecule has 1 aromatic rings. The van der Waals surface area contributed by atoms with Crippen molar-refractivity contribution in [2.45, 2.75) is 37.3 Å². The van der Waals surface area contributed by atoms with E-state index in [1.54, 1.807) is 16.4 Å². The monoisotopic (exact) mass is 551 g/mol. The maximum atomic E-state index is 13.2. The Balaban J connectivity index is 0.00000320. The van der Waals surface area contributed by atoms with Crippen LogP contribution in [0, 0.1) is 0 Å². The van der Waals surface area contributed by atoms with Crippen molar-refractivity contribution in [1.82, 2.24) is 19.4 Å². The van der Waals surface area contributed by atoms with Gasteiger partial charge in [-0.1, -0.05) is 18.2 Å². The second-order valence-corrected chi connectivity index (χ2v) is 9.61. The molecule has 10 heteroatoms. The summed E-state index contributed by atoms with van der Waals surface area (Å²) in [5.41, 5.74) is 0.707. The molecular weight excluding hydrogens is 517 g/mol. The second kappa shape index (κ2) is 11.6. The number of hydrogen-bond acceptors (Lipinski definition) is 5. The first-order chi connectivity index (χ1) is 13.9. The van der Waals surface area contributed by atoms with Crippen LogP contribution >= 0.6 is 24.0 Å². The van der Waals surface area contributed by atoms with Gasteiger partial charge in [0.25, 0.3) is 0 Å². The second-order valence-electron chi connectivity index (χ2n) is 7.70. The largest absolute Gasteiger partial charge is 0.393 e. The molecule has 2 aliphatic heterocycles. The summed E-state index contributed by atoms with van der Waals surface area (Å²) in [5, 5.41) is 13.0. The van der Waals surface area contributed by atoms with Crippen LogP contribution in [-0.2, 0) is 16.6 Å². The highest BCUT2D eigenvalue weighted by Crippen LogP contribution is 2.22. The summed E-state index contributed by atoms with van der Waals surface area (Å²) >= 11 is 0. The third-order valence-corrected chi connectivity index (χ3v) is 7.55. The Labute approximate surface area is 197 Å². The maximum absolute atomic E-state index is 13.2. The Kier molecular flexibility index (Phi) is 9.79. The van der Waals surface area contributed by atoms with E-state index >= 15 is 0 Å². The molecule has 30 heavy (non-hydrogen) atoms. The number of benzene rings is 1. The van der Waals surface area contributed by atoms with Crippen LogP contribution in [0.5, 0.6) is 0 Å². The van der Waals surface area contributed by atoms with E-state index in [1.807, 2.05) is 26.1 Å². The van der Waals surface area contributed by atoms with Crippen molar-refractivity contribution in [2.24, 2.45) is 4.99 Å². The number of sulfonamides is 1. The fourth-order valence-electron chi connectivity index (χ4n) is 3.72. The van der Waals surface area contributed by atoms with Gasteiger partial charge in [0.1, 0.15) is 0 Å². The number of nitrogens with zero attached hydrogens (tertiary/aromatic N) is 4. The van der Waals surface area contributed by atoms with E-state index in [9.17, 15) is 13.5 Å². The lowest BCUT2D eigenvalue weighted by Gasteiger charge is -2.32. The number of rotatable bonds is 5. The van der Waals surface area contributed by atoms with Crippen molar-refractivity contribution in [1.29, 1.82) is 0 Å². The van der Waals surface area contributed by atoms with Gasteiger partial charge in [-0.05, 0) is 38.4 Å². The summed E-state index contributed by atoms with van der Waals surface area (Å²) in [4.78, 5) is 9.34. The summed E-state index contributed by atoms with van der Waals surface area (Å²) < 4.78 is 28.0. The number of aliphatic imine (C=N–C) groups is 1. The molecule has 2 fully saturated rings. The zero-order chi connectivity index (χ0) is 20.9. The number of aliphatic hydroxyl groups excluding tert-OH is 1. The maximum Gasteiger partial charge on any atom is 0.243 e. The van der Waals surface area contributed by atoms with Crippen molar-refractivity contribution in [3.8, 4) is 0 Å². The fourth-order valence-corrected chi connectivity index (χ4v) is 5.35. The number of hydrogen-bond donors (Lipinski definition) is 2. The van der Waals surface area contributed by atoms with E-state index < -0.39 is 10.0 Å². The minimum Gasteiger partial charge on any atom is -0.393 e. The van der Waals surface area contributed by atoms with Gasteiger partial charge in [0.15, 0.2) is 5.96 Å².